The average molecular weight is 387 g/mol. The van der Waals surface area contributed by atoms with Gasteiger partial charge >= 0.3 is 0 Å². The molecule has 2 heterocycles. The molecule has 0 aliphatic rings. The van der Waals surface area contributed by atoms with E-state index in [1.165, 1.54) is 24.1 Å². The van der Waals surface area contributed by atoms with Crippen molar-refractivity contribution in [2.24, 2.45) is 0 Å². The molecule has 0 atom stereocenters. The molecule has 0 radical (unpaired) electrons. The molecule has 2 amide bonds. The average Bonchev–Trinajstić information content (AvgIpc) is 3.33. The number of nitrogens with one attached hydrogen (secondary N) is 2. The van der Waals surface area contributed by atoms with Crippen molar-refractivity contribution in [1.82, 2.24) is 25.6 Å². The molecule has 0 aliphatic heterocycles. The topological polar surface area (TPSA) is 111 Å². The van der Waals surface area contributed by atoms with Crippen LogP contribution in [0.1, 0.15) is 16.1 Å². The summed E-state index contributed by atoms with van der Waals surface area (Å²) in [6.07, 6.45) is 2.97. The molecule has 0 spiro atoms. The van der Waals surface area contributed by atoms with Crippen LogP contribution in [0.3, 0.4) is 0 Å². The molecule has 10 heteroatoms. The Bertz CT molecular complexity index is 935. The van der Waals surface area contributed by atoms with Crippen LogP contribution in [-0.4, -0.2) is 39.4 Å². The van der Waals surface area contributed by atoms with Crippen LogP contribution in [0.25, 0.3) is 5.69 Å². The van der Waals surface area contributed by atoms with Crippen LogP contribution in [0.4, 0.5) is 0 Å². The van der Waals surface area contributed by atoms with E-state index in [4.69, 9.17) is 9.15 Å². The van der Waals surface area contributed by atoms with E-state index in [0.29, 0.717) is 16.5 Å². The Balaban J connectivity index is 1.54. The molecule has 140 valence electrons. The molecule has 3 aromatic rings. The molecule has 27 heavy (non-hydrogen) atoms. The molecule has 0 bridgehead atoms. The molecule has 2 N–H and O–H groups in total. The molecule has 0 saturated carbocycles. The molecule has 9 nitrogen and oxygen atoms in total. The summed E-state index contributed by atoms with van der Waals surface area (Å²) in [6.45, 7) is 1.67. The second-order valence-corrected chi connectivity index (χ2v) is 6.31. The standard InChI is InChI=1S/C17H17N5O4S/c1-11-14(7-8-26-11)16(24)20-19-15(23)9-27-17-21-18-10-22(17)12-3-5-13(25-2)6-4-12/h3-8,10H,9H2,1-2H3,(H,19,23)(H,20,24). The normalized spacial score (nSPS) is 10.4. The number of rotatable bonds is 6. The van der Waals surface area contributed by atoms with Crippen molar-refractivity contribution < 1.29 is 18.7 Å². The maximum absolute atomic E-state index is 12.0. The highest BCUT2D eigenvalue weighted by molar-refractivity contribution is 7.99. The van der Waals surface area contributed by atoms with Crippen LogP contribution in [-0.2, 0) is 4.79 Å². The predicted octanol–water partition coefficient (Wildman–Crippen LogP) is 1.73. The van der Waals surface area contributed by atoms with Gasteiger partial charge in [-0.2, -0.15) is 0 Å². The Hall–Kier alpha value is -3.27. The van der Waals surface area contributed by atoms with Crippen molar-refractivity contribution in [1.29, 1.82) is 0 Å². The number of thioether (sulfide) groups is 1. The minimum absolute atomic E-state index is 0.0551. The highest BCUT2D eigenvalue weighted by Gasteiger charge is 2.14. The van der Waals surface area contributed by atoms with E-state index in [-0.39, 0.29) is 11.7 Å². The van der Waals surface area contributed by atoms with Crippen molar-refractivity contribution in [2.75, 3.05) is 12.9 Å². The Labute approximate surface area is 159 Å². The Morgan fingerprint density at radius 1 is 1.22 bits per heavy atom. The first-order valence-corrected chi connectivity index (χ1v) is 8.87. The van der Waals surface area contributed by atoms with Crippen LogP contribution in [0.5, 0.6) is 5.75 Å². The fourth-order valence-corrected chi connectivity index (χ4v) is 2.95. The first-order chi connectivity index (χ1) is 13.1. The molecule has 0 aliphatic carbocycles. The number of hydrogen-bond acceptors (Lipinski definition) is 7. The number of aryl methyl sites for hydroxylation is 1. The zero-order chi connectivity index (χ0) is 19.2. The maximum Gasteiger partial charge on any atom is 0.273 e. The zero-order valence-corrected chi connectivity index (χ0v) is 15.4. The Kier molecular flexibility index (Phi) is 5.77. The third-order valence-corrected chi connectivity index (χ3v) is 4.56. The van der Waals surface area contributed by atoms with Gasteiger partial charge in [0.2, 0.25) is 5.91 Å². The Morgan fingerprint density at radius 2 is 2.00 bits per heavy atom. The molecular formula is C17H17N5O4S. The monoisotopic (exact) mass is 387 g/mol. The van der Waals surface area contributed by atoms with Gasteiger partial charge in [-0.25, -0.2) is 0 Å². The van der Waals surface area contributed by atoms with Crippen molar-refractivity contribution in [2.45, 2.75) is 12.1 Å². The molecule has 3 rings (SSSR count). The summed E-state index contributed by atoms with van der Waals surface area (Å²) in [5.74, 6) is 0.451. The van der Waals surface area contributed by atoms with Gasteiger partial charge in [-0.15, -0.1) is 10.2 Å². The van der Waals surface area contributed by atoms with Gasteiger partial charge in [-0.05, 0) is 37.3 Å². The second-order valence-electron chi connectivity index (χ2n) is 5.36. The first kappa shape index (κ1) is 18.5. The number of nitrogens with zero attached hydrogens (tertiary/aromatic N) is 3. The van der Waals surface area contributed by atoms with Crippen LogP contribution in [0, 0.1) is 6.92 Å². The number of hydrazine groups is 1. The number of hydrogen-bond donors (Lipinski definition) is 2. The summed E-state index contributed by atoms with van der Waals surface area (Å²) in [6, 6.07) is 8.90. The van der Waals surface area contributed by atoms with Gasteiger partial charge in [0.25, 0.3) is 5.91 Å². The summed E-state index contributed by atoms with van der Waals surface area (Å²) in [5.41, 5.74) is 5.91. The van der Waals surface area contributed by atoms with Crippen LogP contribution in [0.15, 0.2) is 52.5 Å². The lowest BCUT2D eigenvalue weighted by molar-refractivity contribution is -0.119. The molecule has 0 fully saturated rings. The third-order valence-electron chi connectivity index (χ3n) is 3.62. The molecular weight excluding hydrogens is 370 g/mol. The van der Waals surface area contributed by atoms with Crippen molar-refractivity contribution >= 4 is 23.6 Å². The summed E-state index contributed by atoms with van der Waals surface area (Å²) >= 11 is 1.20. The lowest BCUT2D eigenvalue weighted by atomic mass is 10.2. The van der Waals surface area contributed by atoms with Crippen LogP contribution < -0.4 is 15.6 Å². The summed E-state index contributed by atoms with van der Waals surface area (Å²) in [5, 5.41) is 8.45. The van der Waals surface area contributed by atoms with Crippen molar-refractivity contribution in [3.63, 3.8) is 0 Å². The second kappa shape index (κ2) is 8.41. The SMILES string of the molecule is COc1ccc(-n2cnnc2SCC(=O)NNC(=O)c2ccoc2C)cc1. The largest absolute Gasteiger partial charge is 0.497 e. The zero-order valence-electron chi connectivity index (χ0n) is 14.6. The Morgan fingerprint density at radius 3 is 2.67 bits per heavy atom. The lowest BCUT2D eigenvalue weighted by Gasteiger charge is -2.08. The number of benzene rings is 1. The van der Waals surface area contributed by atoms with Gasteiger partial charge in [-0.1, -0.05) is 11.8 Å². The summed E-state index contributed by atoms with van der Waals surface area (Å²) < 4.78 is 11.9. The fourth-order valence-electron chi connectivity index (χ4n) is 2.22. The minimum Gasteiger partial charge on any atom is -0.497 e. The molecule has 0 unspecified atom stereocenters. The van der Waals surface area contributed by atoms with E-state index in [1.54, 1.807) is 24.9 Å². The highest BCUT2D eigenvalue weighted by atomic mass is 32.2. The van der Waals surface area contributed by atoms with E-state index in [1.807, 2.05) is 24.3 Å². The summed E-state index contributed by atoms with van der Waals surface area (Å²) in [4.78, 5) is 23.9. The van der Waals surface area contributed by atoms with Gasteiger partial charge < -0.3 is 9.15 Å². The fraction of sp³-hybridized carbons (Fsp3) is 0.176. The van der Waals surface area contributed by atoms with Crippen LogP contribution in [0.2, 0.25) is 0 Å². The first-order valence-electron chi connectivity index (χ1n) is 7.89. The van der Waals surface area contributed by atoms with Gasteiger partial charge in [0.15, 0.2) is 5.16 Å². The van der Waals surface area contributed by atoms with Gasteiger partial charge in [0.05, 0.1) is 24.7 Å². The number of carbonyl (C=O) groups excluding carboxylic acids is 2. The minimum atomic E-state index is -0.444. The lowest BCUT2D eigenvalue weighted by Crippen LogP contribution is -2.42. The van der Waals surface area contributed by atoms with Gasteiger partial charge in [-0.3, -0.25) is 25.0 Å². The molecule has 1 aromatic carbocycles. The molecule has 0 saturated heterocycles. The van der Waals surface area contributed by atoms with E-state index < -0.39 is 5.91 Å². The van der Waals surface area contributed by atoms with E-state index in [0.717, 1.165) is 11.4 Å². The van der Waals surface area contributed by atoms with Crippen molar-refractivity contribution in [3.8, 4) is 11.4 Å². The van der Waals surface area contributed by atoms with Gasteiger partial charge in [0.1, 0.15) is 17.8 Å². The summed E-state index contributed by atoms with van der Waals surface area (Å²) in [7, 11) is 1.60. The number of ether oxygens (including phenoxy) is 1. The van der Waals surface area contributed by atoms with E-state index >= 15 is 0 Å². The number of furan rings is 1. The number of methoxy groups -OCH3 is 1. The quantitative estimate of drug-likeness (QED) is 0.489. The predicted molar refractivity (Wildman–Crippen MR) is 97.7 cm³/mol. The maximum atomic E-state index is 12.0. The van der Waals surface area contributed by atoms with Crippen molar-refractivity contribution in [3.05, 3.63) is 54.2 Å². The number of aromatic nitrogens is 3. The third kappa shape index (κ3) is 4.47. The number of carbonyl (C=O) groups is 2. The smallest absolute Gasteiger partial charge is 0.273 e. The van der Waals surface area contributed by atoms with E-state index in [2.05, 4.69) is 21.0 Å². The van der Waals surface area contributed by atoms with Crippen LogP contribution >= 0.6 is 11.8 Å². The van der Waals surface area contributed by atoms with E-state index in [9.17, 15) is 9.59 Å². The molecule has 2 aromatic heterocycles. The highest BCUT2D eigenvalue weighted by Crippen LogP contribution is 2.21. The van der Waals surface area contributed by atoms with Gasteiger partial charge in [0, 0.05) is 5.69 Å². The number of amides is 2.